The van der Waals surface area contributed by atoms with Gasteiger partial charge >= 0.3 is 0 Å². The standard InChI is InChI=1S/C21H21N3O6S/c1-12-4-5-15(20-13(2)23-30-21(20)22-14(3)25)10-19(12)31(26,27)24-16-6-7-17-18(11-16)29-9-8-28-17/h4-7,10-11,24H,8-9H2,1-3H3,(H,22,25). The van der Waals surface area contributed by atoms with Gasteiger partial charge < -0.3 is 14.0 Å². The molecular weight excluding hydrogens is 422 g/mol. The number of nitrogens with one attached hydrogen (secondary N) is 2. The highest BCUT2D eigenvalue weighted by molar-refractivity contribution is 7.92. The van der Waals surface area contributed by atoms with Crippen LogP contribution in [0.4, 0.5) is 11.6 Å². The van der Waals surface area contributed by atoms with Gasteiger partial charge in [-0.1, -0.05) is 17.3 Å². The summed E-state index contributed by atoms with van der Waals surface area (Å²) in [7, 11) is -3.92. The number of rotatable bonds is 5. The molecule has 1 aliphatic heterocycles. The maximum absolute atomic E-state index is 13.2. The fraction of sp³-hybridized carbons (Fsp3) is 0.238. The SMILES string of the molecule is CC(=O)Nc1onc(C)c1-c1ccc(C)c(S(=O)(=O)Nc2ccc3c(c2)OCCO3)c1. The first kappa shape index (κ1) is 20.7. The monoisotopic (exact) mass is 443 g/mol. The zero-order chi connectivity index (χ0) is 22.2. The Morgan fingerprint density at radius 2 is 1.77 bits per heavy atom. The van der Waals surface area contributed by atoms with E-state index in [0.717, 1.165) is 0 Å². The van der Waals surface area contributed by atoms with Gasteiger partial charge in [-0.05, 0) is 43.2 Å². The molecule has 3 aromatic rings. The molecule has 0 fully saturated rings. The van der Waals surface area contributed by atoms with Gasteiger partial charge in [0.15, 0.2) is 11.5 Å². The molecule has 162 valence electrons. The lowest BCUT2D eigenvalue weighted by atomic mass is 10.0. The molecule has 0 bridgehead atoms. The Morgan fingerprint density at radius 1 is 1.03 bits per heavy atom. The van der Waals surface area contributed by atoms with Gasteiger partial charge in [0.05, 0.1) is 21.8 Å². The number of sulfonamides is 1. The van der Waals surface area contributed by atoms with Crippen molar-refractivity contribution in [3.8, 4) is 22.6 Å². The fourth-order valence-corrected chi connectivity index (χ4v) is 4.64. The Kier molecular flexibility index (Phi) is 5.32. The lowest BCUT2D eigenvalue weighted by Crippen LogP contribution is -2.17. The molecule has 2 heterocycles. The number of carbonyl (C=O) groups excluding carboxylic acids is 1. The van der Waals surface area contributed by atoms with E-state index in [1.54, 1.807) is 44.2 Å². The first-order valence-corrected chi connectivity index (χ1v) is 11.0. The second kappa shape index (κ2) is 7.95. The Hall–Kier alpha value is -3.53. The van der Waals surface area contributed by atoms with Crippen molar-refractivity contribution in [3.63, 3.8) is 0 Å². The average molecular weight is 443 g/mol. The van der Waals surface area contributed by atoms with Crippen molar-refractivity contribution in [1.29, 1.82) is 0 Å². The zero-order valence-electron chi connectivity index (χ0n) is 17.2. The van der Waals surface area contributed by atoms with Crippen LogP contribution in [0.5, 0.6) is 11.5 Å². The summed E-state index contributed by atoms with van der Waals surface area (Å²) in [4.78, 5) is 11.6. The predicted octanol–water partition coefficient (Wildman–Crippen LogP) is 3.49. The van der Waals surface area contributed by atoms with Crippen LogP contribution in [0.1, 0.15) is 18.2 Å². The van der Waals surface area contributed by atoms with Gasteiger partial charge in [-0.15, -0.1) is 0 Å². The van der Waals surface area contributed by atoms with Crippen LogP contribution in [0.3, 0.4) is 0 Å². The Labute approximate surface area is 179 Å². The molecule has 0 unspecified atom stereocenters. The van der Waals surface area contributed by atoms with E-state index in [4.69, 9.17) is 14.0 Å². The lowest BCUT2D eigenvalue weighted by Gasteiger charge is -2.19. The minimum Gasteiger partial charge on any atom is -0.486 e. The summed E-state index contributed by atoms with van der Waals surface area (Å²) in [6.45, 7) is 5.62. The normalized spacial score (nSPS) is 13.0. The maximum atomic E-state index is 13.2. The quantitative estimate of drug-likeness (QED) is 0.619. The smallest absolute Gasteiger partial charge is 0.262 e. The Bertz CT molecular complexity index is 1270. The van der Waals surface area contributed by atoms with E-state index in [1.807, 2.05) is 0 Å². The van der Waals surface area contributed by atoms with Gasteiger partial charge in [0.25, 0.3) is 10.0 Å². The van der Waals surface area contributed by atoms with E-state index in [0.29, 0.717) is 52.8 Å². The highest BCUT2D eigenvalue weighted by Gasteiger charge is 2.22. The second-order valence-electron chi connectivity index (χ2n) is 7.10. The van der Waals surface area contributed by atoms with Crippen molar-refractivity contribution >= 4 is 27.5 Å². The first-order valence-electron chi connectivity index (χ1n) is 9.52. The zero-order valence-corrected chi connectivity index (χ0v) is 18.0. The van der Waals surface area contributed by atoms with Gasteiger partial charge in [0, 0.05) is 13.0 Å². The molecule has 2 N–H and O–H groups in total. The maximum Gasteiger partial charge on any atom is 0.262 e. The van der Waals surface area contributed by atoms with Gasteiger partial charge in [-0.25, -0.2) is 8.42 Å². The number of carbonyl (C=O) groups is 1. The number of aryl methyl sites for hydroxylation is 2. The summed E-state index contributed by atoms with van der Waals surface area (Å²) in [5, 5.41) is 6.46. The van der Waals surface area contributed by atoms with Crippen LogP contribution in [0.2, 0.25) is 0 Å². The van der Waals surface area contributed by atoms with Crippen molar-refractivity contribution in [2.75, 3.05) is 23.3 Å². The highest BCUT2D eigenvalue weighted by atomic mass is 32.2. The number of hydrogen-bond donors (Lipinski definition) is 2. The molecule has 0 atom stereocenters. The highest BCUT2D eigenvalue weighted by Crippen LogP contribution is 2.36. The summed E-state index contributed by atoms with van der Waals surface area (Å²) < 4.78 is 45.1. The Morgan fingerprint density at radius 3 is 2.52 bits per heavy atom. The van der Waals surface area contributed by atoms with E-state index in [-0.39, 0.29) is 16.7 Å². The molecule has 9 nitrogen and oxygen atoms in total. The molecule has 0 radical (unpaired) electrons. The molecule has 4 rings (SSSR count). The molecule has 2 aromatic carbocycles. The molecule has 1 aliphatic rings. The predicted molar refractivity (Wildman–Crippen MR) is 114 cm³/mol. The van der Waals surface area contributed by atoms with Gasteiger partial charge in [0.2, 0.25) is 11.8 Å². The van der Waals surface area contributed by atoms with Crippen LogP contribution in [-0.4, -0.2) is 32.7 Å². The van der Waals surface area contributed by atoms with Crippen LogP contribution >= 0.6 is 0 Å². The molecule has 0 saturated carbocycles. The van der Waals surface area contributed by atoms with E-state index in [1.165, 1.54) is 13.0 Å². The third kappa shape index (κ3) is 4.19. The van der Waals surface area contributed by atoms with Crippen molar-refractivity contribution < 1.29 is 27.2 Å². The van der Waals surface area contributed by atoms with E-state index in [9.17, 15) is 13.2 Å². The summed E-state index contributed by atoms with van der Waals surface area (Å²) >= 11 is 0. The Balaban J connectivity index is 1.70. The minimum absolute atomic E-state index is 0.0919. The number of nitrogens with zero attached hydrogens (tertiary/aromatic N) is 1. The number of fused-ring (bicyclic) bond motifs is 1. The summed E-state index contributed by atoms with van der Waals surface area (Å²) in [6, 6.07) is 9.84. The fourth-order valence-electron chi connectivity index (χ4n) is 3.32. The lowest BCUT2D eigenvalue weighted by molar-refractivity contribution is -0.114. The number of amides is 1. The van der Waals surface area contributed by atoms with Gasteiger partial charge in [-0.3, -0.25) is 14.8 Å². The molecule has 0 spiro atoms. The molecule has 31 heavy (non-hydrogen) atoms. The average Bonchev–Trinajstić information content (AvgIpc) is 3.07. The number of anilines is 2. The summed E-state index contributed by atoms with van der Waals surface area (Å²) in [6.07, 6.45) is 0. The van der Waals surface area contributed by atoms with Crippen molar-refractivity contribution in [1.82, 2.24) is 5.16 Å². The van der Waals surface area contributed by atoms with Crippen molar-refractivity contribution in [2.24, 2.45) is 0 Å². The molecular formula is C21H21N3O6S. The molecule has 1 aromatic heterocycles. The molecule has 10 heteroatoms. The number of benzene rings is 2. The van der Waals surface area contributed by atoms with Crippen molar-refractivity contribution in [2.45, 2.75) is 25.7 Å². The molecule has 0 aliphatic carbocycles. The number of hydrogen-bond acceptors (Lipinski definition) is 7. The van der Waals surface area contributed by atoms with Gasteiger partial charge in [-0.2, -0.15) is 0 Å². The number of ether oxygens (including phenoxy) is 2. The third-order valence-corrected chi connectivity index (χ3v) is 6.24. The van der Waals surface area contributed by atoms with Crippen LogP contribution in [0, 0.1) is 13.8 Å². The van der Waals surface area contributed by atoms with Crippen LogP contribution < -0.4 is 19.5 Å². The molecule has 0 saturated heterocycles. The van der Waals surface area contributed by atoms with Crippen LogP contribution in [0.15, 0.2) is 45.8 Å². The van der Waals surface area contributed by atoms with Crippen LogP contribution in [-0.2, 0) is 14.8 Å². The largest absolute Gasteiger partial charge is 0.486 e. The van der Waals surface area contributed by atoms with Crippen LogP contribution in [0.25, 0.3) is 11.1 Å². The minimum atomic E-state index is -3.92. The van der Waals surface area contributed by atoms with Crippen molar-refractivity contribution in [3.05, 3.63) is 47.7 Å². The number of aromatic nitrogens is 1. The summed E-state index contributed by atoms with van der Waals surface area (Å²) in [5.41, 5.74) is 2.51. The van der Waals surface area contributed by atoms with Gasteiger partial charge in [0.1, 0.15) is 13.2 Å². The third-order valence-electron chi connectivity index (χ3n) is 4.71. The first-order chi connectivity index (χ1) is 14.7. The van der Waals surface area contributed by atoms with E-state index < -0.39 is 10.0 Å². The second-order valence-corrected chi connectivity index (χ2v) is 8.75. The topological polar surface area (TPSA) is 120 Å². The molecule has 1 amide bonds. The van der Waals surface area contributed by atoms with E-state index in [2.05, 4.69) is 15.2 Å². The van der Waals surface area contributed by atoms with E-state index >= 15 is 0 Å². The summed E-state index contributed by atoms with van der Waals surface area (Å²) in [5.74, 6) is 0.896.